The molecule has 1 aromatic carbocycles. The summed E-state index contributed by atoms with van der Waals surface area (Å²) in [6, 6.07) is 8.47. The van der Waals surface area contributed by atoms with Crippen molar-refractivity contribution >= 4 is 17.7 Å². The van der Waals surface area contributed by atoms with E-state index in [0.29, 0.717) is 6.42 Å². The molecule has 0 bridgehead atoms. The number of hydrogen-bond donors (Lipinski definition) is 0. The summed E-state index contributed by atoms with van der Waals surface area (Å²) in [5, 5.41) is 0.284. The summed E-state index contributed by atoms with van der Waals surface area (Å²) in [4.78, 5) is 12.7. The lowest BCUT2D eigenvalue weighted by Crippen LogP contribution is -2.17. The van der Waals surface area contributed by atoms with Crippen LogP contribution in [0.5, 0.6) is 0 Å². The average Bonchev–Trinajstić information content (AvgIpc) is 2.70. The maximum atomic E-state index is 11.4. The van der Waals surface area contributed by atoms with Gasteiger partial charge in [0.1, 0.15) is 6.10 Å². The Kier molecular flexibility index (Phi) is 4.70. The molecule has 0 N–H and O–H groups in total. The van der Waals surface area contributed by atoms with Crippen molar-refractivity contribution in [3.8, 4) is 0 Å². The fourth-order valence-corrected chi connectivity index (χ4v) is 3.35. The smallest absolute Gasteiger partial charge is 0.307 e. The molecule has 2 atom stereocenters. The van der Waals surface area contributed by atoms with Crippen molar-refractivity contribution in [3.63, 3.8) is 0 Å². The van der Waals surface area contributed by atoms with E-state index >= 15 is 0 Å². The molecule has 0 unspecified atom stereocenters. The minimum atomic E-state index is -0.0410. The Bertz CT molecular complexity index is 399. The molecule has 2 rings (SSSR count). The zero-order valence-corrected chi connectivity index (χ0v) is 11.8. The molecule has 98 valence electrons. The van der Waals surface area contributed by atoms with E-state index < -0.39 is 0 Å². The number of rotatable bonds is 5. The number of ether oxygens (including phenoxy) is 1. The van der Waals surface area contributed by atoms with Crippen LogP contribution in [0.3, 0.4) is 0 Å². The maximum Gasteiger partial charge on any atom is 0.307 e. The van der Waals surface area contributed by atoms with Crippen LogP contribution in [0.25, 0.3) is 0 Å². The van der Waals surface area contributed by atoms with E-state index in [1.807, 2.05) is 0 Å². The molecule has 1 heterocycles. The van der Waals surface area contributed by atoms with E-state index in [9.17, 15) is 4.79 Å². The maximum absolute atomic E-state index is 11.4. The third kappa shape index (κ3) is 3.52. The summed E-state index contributed by atoms with van der Waals surface area (Å²) in [6.45, 7) is 4.25. The monoisotopic (exact) mass is 264 g/mol. The summed E-state index contributed by atoms with van der Waals surface area (Å²) in [6.07, 6.45) is 3.92. The molecule has 0 spiro atoms. The zero-order valence-electron chi connectivity index (χ0n) is 11.0. The standard InChI is InChI=1S/C15H20O2S/c1-3-4-5-13-14(10-15(16)17-13)18-12-8-6-11(2)7-9-12/h6-9,13-14H,3-5,10H2,1-2H3/t13-,14-/m0/s1. The fraction of sp³-hybridized carbons (Fsp3) is 0.533. The van der Waals surface area contributed by atoms with Crippen LogP contribution < -0.4 is 0 Å². The Labute approximate surface area is 113 Å². The van der Waals surface area contributed by atoms with Gasteiger partial charge in [-0.25, -0.2) is 0 Å². The second-order valence-corrected chi connectivity index (χ2v) is 6.16. The lowest BCUT2D eigenvalue weighted by molar-refractivity contribution is -0.141. The number of hydrogen-bond acceptors (Lipinski definition) is 3. The van der Waals surface area contributed by atoms with E-state index in [1.54, 1.807) is 11.8 Å². The number of carbonyl (C=O) groups excluding carboxylic acids is 1. The van der Waals surface area contributed by atoms with Crippen LogP contribution in [-0.4, -0.2) is 17.3 Å². The SMILES string of the molecule is CCCC[C@@H]1OC(=O)C[C@@H]1Sc1ccc(C)cc1. The number of aryl methyl sites for hydroxylation is 1. The van der Waals surface area contributed by atoms with Gasteiger partial charge in [-0.2, -0.15) is 0 Å². The molecule has 0 aromatic heterocycles. The third-order valence-electron chi connectivity index (χ3n) is 3.22. The predicted octanol–water partition coefficient (Wildman–Crippen LogP) is 3.96. The average molecular weight is 264 g/mol. The molecule has 18 heavy (non-hydrogen) atoms. The van der Waals surface area contributed by atoms with Crippen LogP contribution in [0.4, 0.5) is 0 Å². The molecule has 0 saturated carbocycles. The summed E-state index contributed by atoms with van der Waals surface area (Å²) in [7, 11) is 0. The lowest BCUT2D eigenvalue weighted by atomic mass is 10.1. The van der Waals surface area contributed by atoms with Crippen LogP contribution in [0.2, 0.25) is 0 Å². The summed E-state index contributed by atoms with van der Waals surface area (Å²) in [5.41, 5.74) is 1.26. The molecule has 1 aromatic rings. The number of carbonyl (C=O) groups is 1. The van der Waals surface area contributed by atoms with Crippen molar-refractivity contribution in [3.05, 3.63) is 29.8 Å². The Balaban J connectivity index is 1.97. The quantitative estimate of drug-likeness (QED) is 0.753. The molecule has 1 aliphatic heterocycles. The first kappa shape index (κ1) is 13.5. The highest BCUT2D eigenvalue weighted by Crippen LogP contribution is 2.35. The third-order valence-corrected chi connectivity index (χ3v) is 4.53. The molecule has 1 saturated heterocycles. The van der Waals surface area contributed by atoms with Crippen LogP contribution in [0.1, 0.15) is 38.2 Å². The first-order valence-corrected chi connectivity index (χ1v) is 7.50. The normalized spacial score (nSPS) is 23.1. The van der Waals surface area contributed by atoms with Gasteiger partial charge < -0.3 is 4.74 Å². The minimum Gasteiger partial charge on any atom is -0.461 e. The van der Waals surface area contributed by atoms with E-state index in [2.05, 4.69) is 38.1 Å². The molecular weight excluding hydrogens is 244 g/mol. The molecule has 2 nitrogen and oxygen atoms in total. The van der Waals surface area contributed by atoms with Gasteiger partial charge in [0.15, 0.2) is 0 Å². The van der Waals surface area contributed by atoms with Crippen molar-refractivity contribution in [2.75, 3.05) is 0 Å². The Morgan fingerprint density at radius 3 is 2.72 bits per heavy atom. The van der Waals surface area contributed by atoms with Crippen molar-refractivity contribution in [1.82, 2.24) is 0 Å². The van der Waals surface area contributed by atoms with Gasteiger partial charge in [-0.05, 0) is 25.5 Å². The van der Waals surface area contributed by atoms with Gasteiger partial charge in [0, 0.05) is 4.90 Å². The topological polar surface area (TPSA) is 26.3 Å². The van der Waals surface area contributed by atoms with Gasteiger partial charge in [-0.15, -0.1) is 11.8 Å². The second-order valence-electron chi connectivity index (χ2n) is 4.84. The molecule has 0 aliphatic carbocycles. The highest BCUT2D eigenvalue weighted by Gasteiger charge is 2.34. The van der Waals surface area contributed by atoms with E-state index in [-0.39, 0.29) is 17.3 Å². The van der Waals surface area contributed by atoms with Gasteiger partial charge in [0.2, 0.25) is 0 Å². The van der Waals surface area contributed by atoms with Crippen LogP contribution in [0, 0.1) is 6.92 Å². The minimum absolute atomic E-state index is 0.0410. The molecule has 1 aliphatic rings. The number of benzene rings is 1. The number of thioether (sulfide) groups is 1. The van der Waals surface area contributed by atoms with Gasteiger partial charge >= 0.3 is 5.97 Å². The Morgan fingerprint density at radius 1 is 1.33 bits per heavy atom. The van der Waals surface area contributed by atoms with Gasteiger partial charge in [-0.3, -0.25) is 4.79 Å². The fourth-order valence-electron chi connectivity index (χ4n) is 2.15. The van der Waals surface area contributed by atoms with Crippen molar-refractivity contribution in [1.29, 1.82) is 0 Å². The summed E-state index contributed by atoms with van der Waals surface area (Å²) >= 11 is 1.78. The van der Waals surface area contributed by atoms with Gasteiger partial charge in [0.05, 0.1) is 11.7 Å². The molecular formula is C15H20O2S. The number of esters is 1. The van der Waals surface area contributed by atoms with Crippen LogP contribution in [0.15, 0.2) is 29.2 Å². The Hall–Kier alpha value is -0.960. The van der Waals surface area contributed by atoms with Gasteiger partial charge in [-0.1, -0.05) is 37.5 Å². The largest absolute Gasteiger partial charge is 0.461 e. The van der Waals surface area contributed by atoms with Crippen molar-refractivity contribution < 1.29 is 9.53 Å². The van der Waals surface area contributed by atoms with Crippen molar-refractivity contribution in [2.24, 2.45) is 0 Å². The first-order chi connectivity index (χ1) is 8.69. The summed E-state index contributed by atoms with van der Waals surface area (Å²) in [5.74, 6) is -0.0410. The summed E-state index contributed by atoms with van der Waals surface area (Å²) < 4.78 is 5.41. The molecule has 0 amide bonds. The number of unbranched alkanes of at least 4 members (excludes halogenated alkanes) is 1. The van der Waals surface area contributed by atoms with E-state index in [0.717, 1.165) is 19.3 Å². The van der Waals surface area contributed by atoms with Crippen LogP contribution in [-0.2, 0) is 9.53 Å². The predicted molar refractivity (Wildman–Crippen MR) is 74.8 cm³/mol. The highest BCUT2D eigenvalue weighted by atomic mass is 32.2. The van der Waals surface area contributed by atoms with Gasteiger partial charge in [0.25, 0.3) is 0 Å². The first-order valence-electron chi connectivity index (χ1n) is 6.62. The zero-order chi connectivity index (χ0) is 13.0. The van der Waals surface area contributed by atoms with E-state index in [1.165, 1.54) is 10.5 Å². The Morgan fingerprint density at radius 2 is 2.06 bits per heavy atom. The number of cyclic esters (lactones) is 1. The molecule has 3 heteroatoms. The second kappa shape index (κ2) is 6.28. The lowest BCUT2D eigenvalue weighted by Gasteiger charge is -2.16. The molecule has 1 fully saturated rings. The highest BCUT2D eigenvalue weighted by molar-refractivity contribution is 8.00. The molecule has 0 radical (unpaired) electrons. The van der Waals surface area contributed by atoms with E-state index in [4.69, 9.17) is 4.74 Å². The van der Waals surface area contributed by atoms with Crippen LogP contribution >= 0.6 is 11.8 Å². The van der Waals surface area contributed by atoms with Crippen molar-refractivity contribution in [2.45, 2.75) is 55.8 Å².